The fourth-order valence-electron chi connectivity index (χ4n) is 11.7. The number of hydrogen-bond donors (Lipinski definition) is 0. The lowest BCUT2D eigenvalue weighted by atomic mass is 10.1. The maximum atomic E-state index is 2.45. The van der Waals surface area contributed by atoms with Gasteiger partial charge in [0.15, 0.2) is 0 Å². The Morgan fingerprint density at radius 1 is 0.155 bits per heavy atom. The van der Waals surface area contributed by atoms with Crippen molar-refractivity contribution in [2.24, 2.45) is 0 Å². The van der Waals surface area contributed by atoms with E-state index < -0.39 is 0 Å². The van der Waals surface area contributed by atoms with Crippen molar-refractivity contribution < 1.29 is 0 Å². The van der Waals surface area contributed by atoms with Crippen LogP contribution in [0.25, 0.3) is 27.5 Å². The van der Waals surface area contributed by atoms with Crippen molar-refractivity contribution in [1.29, 1.82) is 0 Å². The Morgan fingerprint density at radius 3 is 0.536 bits per heavy atom. The molecule has 0 N–H and O–H groups in total. The van der Waals surface area contributed by atoms with Crippen molar-refractivity contribution in [3.05, 3.63) is 352 Å². The largest absolute Gasteiger partial charge is 0.311 e. The molecule has 0 spiro atoms. The van der Waals surface area contributed by atoms with Gasteiger partial charge in [0.05, 0.1) is 11.0 Å². The molecule has 1 heterocycles. The van der Waals surface area contributed by atoms with E-state index in [1.54, 1.807) is 0 Å². The second-order valence-corrected chi connectivity index (χ2v) is 20.6. The molecule has 0 aliphatic rings. The molecule has 6 heteroatoms. The lowest BCUT2D eigenvalue weighted by molar-refractivity contribution is 1.17. The highest BCUT2D eigenvalue weighted by molar-refractivity contribution is 6.11. The van der Waals surface area contributed by atoms with E-state index in [1.807, 2.05) is 0 Å². The van der Waals surface area contributed by atoms with Crippen molar-refractivity contribution in [3.63, 3.8) is 0 Å². The van der Waals surface area contributed by atoms with Gasteiger partial charge in [-0.1, -0.05) is 158 Å². The highest BCUT2D eigenvalue weighted by Gasteiger charge is 2.23. The normalized spacial score (nSPS) is 11.1. The first-order valence-electron chi connectivity index (χ1n) is 28.5. The lowest BCUT2D eigenvalue weighted by Crippen LogP contribution is -2.12. The van der Waals surface area contributed by atoms with Crippen LogP contribution < -0.4 is 24.5 Å². The molecular formula is C78H58N6. The summed E-state index contributed by atoms with van der Waals surface area (Å²) >= 11 is 0. The van der Waals surface area contributed by atoms with Crippen LogP contribution in [0.5, 0.6) is 0 Å². The monoisotopic (exact) mass is 1080 g/mol. The molecule has 0 radical (unpaired) electrons. The first-order chi connectivity index (χ1) is 41.7. The van der Waals surface area contributed by atoms with Gasteiger partial charge in [-0.05, 0) is 194 Å². The molecule has 0 unspecified atom stereocenters. The van der Waals surface area contributed by atoms with Gasteiger partial charge in [-0.25, -0.2) is 0 Å². The predicted octanol–water partition coefficient (Wildman–Crippen LogP) is 22.1. The topological polar surface area (TPSA) is 21.1 Å². The fraction of sp³-hybridized carbons (Fsp3) is 0. The van der Waals surface area contributed by atoms with Crippen molar-refractivity contribution in [2.45, 2.75) is 0 Å². The van der Waals surface area contributed by atoms with Gasteiger partial charge in [-0.15, -0.1) is 0 Å². The number of benzene rings is 13. The number of para-hydroxylation sites is 8. The average Bonchev–Trinajstić information content (AvgIpc) is 4.01. The summed E-state index contributed by atoms with van der Waals surface area (Å²) in [6, 6.07) is 126. The van der Waals surface area contributed by atoms with E-state index in [1.165, 1.54) is 0 Å². The number of fused-ring (bicyclic) bond motifs is 3. The van der Waals surface area contributed by atoms with E-state index in [0.717, 1.165) is 113 Å². The van der Waals surface area contributed by atoms with E-state index in [4.69, 9.17) is 0 Å². The third-order valence-electron chi connectivity index (χ3n) is 15.5. The minimum absolute atomic E-state index is 1.04. The van der Waals surface area contributed by atoms with Crippen LogP contribution in [-0.4, -0.2) is 4.57 Å². The first-order valence-corrected chi connectivity index (χ1v) is 28.5. The van der Waals surface area contributed by atoms with Crippen LogP contribution in [-0.2, 0) is 0 Å². The predicted molar refractivity (Wildman–Crippen MR) is 354 cm³/mol. The standard InChI is InChI=1S/C78H58N6/c1-9-25-59(26-10-1)79(60-27-11-2-12-28-60)67-41-45-70(46-42-67)82(65-37-21-7-22-38-65)73-53-55-75-76-56-54-74(58-78(76)84(77(75)57-73)72-51-49-69(50-52-72)81(63-33-17-5-18-34-63)64-35-19-6-20-36-64)83(66-39-23-8-24-40-66)71-47-43-68(44-48-71)80(61-29-13-3-14-30-61)62-31-15-4-16-32-62/h1-58H. The Balaban J connectivity index is 0.927. The van der Waals surface area contributed by atoms with Crippen LogP contribution in [0.3, 0.4) is 0 Å². The molecule has 0 aliphatic heterocycles. The molecule has 0 saturated carbocycles. The number of rotatable bonds is 16. The van der Waals surface area contributed by atoms with Gasteiger partial charge >= 0.3 is 0 Å². The average molecular weight is 1080 g/mol. The summed E-state index contributed by atoms with van der Waals surface area (Å²) in [6.45, 7) is 0. The van der Waals surface area contributed by atoms with Crippen molar-refractivity contribution in [1.82, 2.24) is 4.57 Å². The minimum atomic E-state index is 1.04. The molecule has 6 nitrogen and oxygen atoms in total. The summed E-state index contributed by atoms with van der Waals surface area (Å²) in [5.41, 5.74) is 19.3. The first kappa shape index (κ1) is 50.9. The second kappa shape index (κ2) is 23.0. The van der Waals surface area contributed by atoms with Gasteiger partial charge in [0.1, 0.15) is 0 Å². The van der Waals surface area contributed by atoms with Crippen molar-refractivity contribution in [3.8, 4) is 5.69 Å². The molecule has 0 atom stereocenters. The van der Waals surface area contributed by atoms with Gasteiger partial charge in [0, 0.05) is 102 Å². The summed E-state index contributed by atoms with van der Waals surface area (Å²) in [4.78, 5) is 11.7. The number of hydrogen-bond acceptors (Lipinski definition) is 5. The molecule has 0 aliphatic carbocycles. The van der Waals surface area contributed by atoms with Gasteiger partial charge in [0.25, 0.3) is 0 Å². The van der Waals surface area contributed by atoms with Gasteiger partial charge < -0.3 is 29.1 Å². The molecule has 13 aromatic carbocycles. The van der Waals surface area contributed by atoms with E-state index in [9.17, 15) is 0 Å². The van der Waals surface area contributed by atoms with Crippen LogP contribution in [0.4, 0.5) is 85.3 Å². The van der Waals surface area contributed by atoms with Gasteiger partial charge in [-0.2, -0.15) is 0 Å². The van der Waals surface area contributed by atoms with Crippen molar-refractivity contribution >= 4 is 107 Å². The summed E-state index contributed by atoms with van der Waals surface area (Å²) in [5, 5.41) is 2.31. The maximum Gasteiger partial charge on any atom is 0.0561 e. The maximum absolute atomic E-state index is 2.45. The molecule has 400 valence electrons. The summed E-state index contributed by atoms with van der Waals surface area (Å²) in [6.07, 6.45) is 0. The van der Waals surface area contributed by atoms with Crippen LogP contribution >= 0.6 is 0 Å². The zero-order valence-electron chi connectivity index (χ0n) is 46.2. The van der Waals surface area contributed by atoms with Crippen LogP contribution in [0.2, 0.25) is 0 Å². The highest BCUT2D eigenvalue weighted by atomic mass is 15.2. The Kier molecular flexibility index (Phi) is 13.9. The second-order valence-electron chi connectivity index (χ2n) is 20.6. The van der Waals surface area contributed by atoms with Gasteiger partial charge in [-0.3, -0.25) is 0 Å². The molecule has 0 bridgehead atoms. The van der Waals surface area contributed by atoms with E-state index in [2.05, 4.69) is 381 Å². The van der Waals surface area contributed by atoms with E-state index in [-0.39, 0.29) is 0 Å². The summed E-state index contributed by atoms with van der Waals surface area (Å²) in [7, 11) is 0. The number of anilines is 15. The summed E-state index contributed by atoms with van der Waals surface area (Å²) < 4.78 is 2.45. The molecule has 0 fully saturated rings. The van der Waals surface area contributed by atoms with E-state index >= 15 is 0 Å². The smallest absolute Gasteiger partial charge is 0.0561 e. The molecule has 1 aromatic heterocycles. The third kappa shape index (κ3) is 10.1. The highest BCUT2D eigenvalue weighted by Crippen LogP contribution is 2.45. The van der Waals surface area contributed by atoms with E-state index in [0.29, 0.717) is 0 Å². The lowest BCUT2D eigenvalue weighted by Gasteiger charge is -2.28. The van der Waals surface area contributed by atoms with Crippen LogP contribution in [0.1, 0.15) is 0 Å². The molecule has 0 saturated heterocycles. The minimum Gasteiger partial charge on any atom is -0.311 e. The molecule has 14 aromatic rings. The fourth-order valence-corrected chi connectivity index (χ4v) is 11.7. The zero-order valence-corrected chi connectivity index (χ0v) is 46.2. The number of nitrogens with zero attached hydrogens (tertiary/aromatic N) is 6. The SMILES string of the molecule is c1ccc(N(c2ccccc2)c2ccc(N(c3ccccc3)c3ccc4c5ccc(N(c6ccccc6)c6ccc(N(c7ccccc7)c7ccccc7)cc6)cc5n(-c5ccc(N(c6ccccc6)c6ccccc6)cc5)c4c3)cc2)cc1. The van der Waals surface area contributed by atoms with Gasteiger partial charge in [0.2, 0.25) is 0 Å². The van der Waals surface area contributed by atoms with Crippen LogP contribution in [0.15, 0.2) is 352 Å². The Labute approximate surface area is 491 Å². The quantitative estimate of drug-likeness (QED) is 0.0958. The Morgan fingerprint density at radius 2 is 0.321 bits per heavy atom. The molecule has 0 amide bonds. The molecule has 84 heavy (non-hydrogen) atoms. The Bertz CT molecular complexity index is 4090. The Hall–Kier alpha value is -11.3. The van der Waals surface area contributed by atoms with Crippen LogP contribution in [0, 0.1) is 0 Å². The molecule has 14 rings (SSSR count). The number of aromatic nitrogens is 1. The third-order valence-corrected chi connectivity index (χ3v) is 15.5. The zero-order chi connectivity index (χ0) is 56.0. The summed E-state index contributed by atoms with van der Waals surface area (Å²) in [5.74, 6) is 0. The molecular weight excluding hydrogens is 1020 g/mol. The van der Waals surface area contributed by atoms with Crippen molar-refractivity contribution in [2.75, 3.05) is 24.5 Å².